The summed E-state index contributed by atoms with van der Waals surface area (Å²) in [6, 6.07) is 0. The van der Waals surface area contributed by atoms with Crippen molar-refractivity contribution in [1.29, 1.82) is 0 Å². The van der Waals surface area contributed by atoms with Gasteiger partial charge in [-0.2, -0.15) is 0 Å². The number of carbonyl (C=O) groups is 2. The second kappa shape index (κ2) is 8.18. The van der Waals surface area contributed by atoms with Crippen LogP contribution in [0.25, 0.3) is 0 Å². The van der Waals surface area contributed by atoms with Crippen molar-refractivity contribution in [2.24, 2.45) is 17.8 Å². The number of hydrogen-bond donors (Lipinski definition) is 0. The fraction of sp³-hybridized carbons (Fsp3) is 0.867. The Labute approximate surface area is 115 Å². The Morgan fingerprint density at radius 3 is 1.95 bits per heavy atom. The summed E-state index contributed by atoms with van der Waals surface area (Å²) < 4.78 is 9.73. The first-order valence-electron chi connectivity index (χ1n) is 7.24. The first kappa shape index (κ1) is 16.0. The van der Waals surface area contributed by atoms with Crippen LogP contribution in [0.3, 0.4) is 0 Å². The van der Waals surface area contributed by atoms with Crippen molar-refractivity contribution in [3.8, 4) is 0 Å². The highest BCUT2D eigenvalue weighted by molar-refractivity contribution is 5.72. The topological polar surface area (TPSA) is 52.6 Å². The number of methoxy groups -OCH3 is 2. The molecule has 0 amide bonds. The van der Waals surface area contributed by atoms with Crippen molar-refractivity contribution in [2.45, 2.75) is 51.9 Å². The highest BCUT2D eigenvalue weighted by Crippen LogP contribution is 2.29. The fourth-order valence-corrected chi connectivity index (χ4v) is 2.92. The molecule has 0 aromatic rings. The Balaban J connectivity index is 2.58. The number of rotatable bonds is 2. The molecule has 1 aliphatic carbocycles. The molecule has 1 fully saturated rings. The van der Waals surface area contributed by atoms with Crippen molar-refractivity contribution in [3.05, 3.63) is 0 Å². The lowest BCUT2D eigenvalue weighted by atomic mass is 9.83. The van der Waals surface area contributed by atoms with E-state index in [-0.39, 0.29) is 23.8 Å². The van der Waals surface area contributed by atoms with Gasteiger partial charge in [0.1, 0.15) is 0 Å². The lowest BCUT2D eigenvalue weighted by molar-refractivity contribution is -0.148. The van der Waals surface area contributed by atoms with E-state index in [9.17, 15) is 9.59 Å². The third kappa shape index (κ3) is 5.21. The normalized spacial score (nSPS) is 29.3. The molecule has 0 heterocycles. The van der Waals surface area contributed by atoms with Crippen LogP contribution in [-0.2, 0) is 19.1 Å². The first-order valence-corrected chi connectivity index (χ1v) is 7.24. The highest BCUT2D eigenvalue weighted by atomic mass is 16.5. The maximum atomic E-state index is 11.7. The van der Waals surface area contributed by atoms with Crippen LogP contribution in [0.2, 0.25) is 0 Å². The van der Waals surface area contributed by atoms with Crippen LogP contribution in [0.15, 0.2) is 0 Å². The molecule has 4 heteroatoms. The monoisotopic (exact) mass is 270 g/mol. The van der Waals surface area contributed by atoms with Crippen molar-refractivity contribution in [1.82, 2.24) is 0 Å². The summed E-state index contributed by atoms with van der Waals surface area (Å²) in [4.78, 5) is 23.4. The molecule has 3 atom stereocenters. The van der Waals surface area contributed by atoms with Crippen LogP contribution < -0.4 is 0 Å². The maximum absolute atomic E-state index is 11.7. The van der Waals surface area contributed by atoms with Gasteiger partial charge in [0.05, 0.1) is 26.1 Å². The molecule has 3 unspecified atom stereocenters. The van der Waals surface area contributed by atoms with Crippen molar-refractivity contribution in [2.75, 3.05) is 14.2 Å². The summed E-state index contributed by atoms with van der Waals surface area (Å²) in [6.07, 6.45) is 6.37. The zero-order valence-electron chi connectivity index (χ0n) is 12.3. The minimum atomic E-state index is -0.0862. The van der Waals surface area contributed by atoms with E-state index >= 15 is 0 Å². The van der Waals surface area contributed by atoms with Crippen LogP contribution in [0, 0.1) is 17.8 Å². The van der Waals surface area contributed by atoms with E-state index in [1.165, 1.54) is 14.2 Å². The molecule has 0 aromatic heterocycles. The van der Waals surface area contributed by atoms with Gasteiger partial charge in [-0.05, 0) is 38.0 Å². The molecule has 1 rings (SSSR count). The first-order chi connectivity index (χ1) is 9.08. The summed E-state index contributed by atoms with van der Waals surface area (Å²) in [6.45, 7) is 2.14. The van der Waals surface area contributed by atoms with Gasteiger partial charge in [0.15, 0.2) is 0 Å². The molecule has 19 heavy (non-hydrogen) atoms. The Kier molecular flexibility index (Phi) is 6.89. The fourth-order valence-electron chi connectivity index (χ4n) is 2.92. The molecule has 0 N–H and O–H groups in total. The molecule has 0 saturated heterocycles. The number of ether oxygens (including phenoxy) is 2. The standard InChI is InChI=1S/C15H26O4/c1-11-8-9-12(14(16)18-2)6-4-5-7-13(10-11)15(17)19-3/h11-13H,4-10H2,1-3H3. The zero-order chi connectivity index (χ0) is 14.3. The largest absolute Gasteiger partial charge is 0.469 e. The van der Waals surface area contributed by atoms with Crippen LogP contribution in [0.5, 0.6) is 0 Å². The van der Waals surface area contributed by atoms with Crippen LogP contribution in [0.1, 0.15) is 51.9 Å². The van der Waals surface area contributed by atoms with E-state index in [1.807, 2.05) is 0 Å². The highest BCUT2D eigenvalue weighted by Gasteiger charge is 2.26. The summed E-state index contributed by atoms with van der Waals surface area (Å²) >= 11 is 0. The van der Waals surface area contributed by atoms with Crippen molar-refractivity contribution in [3.63, 3.8) is 0 Å². The molecule has 1 aliphatic rings. The molecule has 0 bridgehead atoms. The molecule has 0 spiro atoms. The van der Waals surface area contributed by atoms with E-state index in [0.29, 0.717) is 5.92 Å². The molecule has 0 aliphatic heterocycles. The van der Waals surface area contributed by atoms with Gasteiger partial charge in [0.2, 0.25) is 0 Å². The number of carbonyl (C=O) groups excluding carboxylic acids is 2. The summed E-state index contributed by atoms with van der Waals surface area (Å²) in [5, 5.41) is 0. The van der Waals surface area contributed by atoms with Gasteiger partial charge in [0.25, 0.3) is 0 Å². The average Bonchev–Trinajstić information content (AvgIpc) is 2.43. The van der Waals surface area contributed by atoms with Gasteiger partial charge < -0.3 is 9.47 Å². The molecule has 0 radical (unpaired) electrons. The SMILES string of the molecule is COC(=O)C1CCCCC(C(=O)OC)CC(C)CC1. The van der Waals surface area contributed by atoms with Gasteiger partial charge in [-0.3, -0.25) is 9.59 Å². The third-order valence-corrected chi connectivity index (χ3v) is 4.12. The van der Waals surface area contributed by atoms with Gasteiger partial charge in [0, 0.05) is 0 Å². The Hall–Kier alpha value is -1.06. The van der Waals surface area contributed by atoms with Gasteiger partial charge >= 0.3 is 11.9 Å². The lowest BCUT2D eigenvalue weighted by Gasteiger charge is -2.23. The van der Waals surface area contributed by atoms with E-state index in [4.69, 9.17) is 9.47 Å². The van der Waals surface area contributed by atoms with E-state index in [0.717, 1.165) is 44.9 Å². The minimum absolute atomic E-state index is 0.0228. The summed E-state index contributed by atoms with van der Waals surface area (Å²) in [7, 11) is 2.91. The zero-order valence-corrected chi connectivity index (χ0v) is 12.3. The summed E-state index contributed by atoms with van der Waals surface area (Å²) in [5.74, 6) is 0.320. The molecular weight excluding hydrogens is 244 g/mol. The quantitative estimate of drug-likeness (QED) is 0.724. The van der Waals surface area contributed by atoms with E-state index in [1.54, 1.807) is 0 Å². The Bertz CT molecular complexity index is 301. The van der Waals surface area contributed by atoms with E-state index in [2.05, 4.69) is 6.92 Å². The van der Waals surface area contributed by atoms with Crippen molar-refractivity contribution >= 4 is 11.9 Å². The smallest absolute Gasteiger partial charge is 0.308 e. The summed E-state index contributed by atoms with van der Waals surface area (Å²) in [5.41, 5.74) is 0. The maximum Gasteiger partial charge on any atom is 0.308 e. The predicted octanol–water partition coefficient (Wildman–Crippen LogP) is 2.95. The van der Waals surface area contributed by atoms with E-state index < -0.39 is 0 Å². The molecule has 1 saturated carbocycles. The second-order valence-electron chi connectivity index (χ2n) is 5.64. The average molecular weight is 270 g/mol. The Morgan fingerprint density at radius 1 is 0.842 bits per heavy atom. The predicted molar refractivity (Wildman–Crippen MR) is 72.5 cm³/mol. The minimum Gasteiger partial charge on any atom is -0.469 e. The van der Waals surface area contributed by atoms with Gasteiger partial charge in [-0.1, -0.05) is 19.8 Å². The van der Waals surface area contributed by atoms with Crippen LogP contribution in [-0.4, -0.2) is 26.2 Å². The van der Waals surface area contributed by atoms with Gasteiger partial charge in [-0.25, -0.2) is 0 Å². The lowest BCUT2D eigenvalue weighted by Crippen LogP contribution is -2.22. The van der Waals surface area contributed by atoms with Gasteiger partial charge in [-0.15, -0.1) is 0 Å². The van der Waals surface area contributed by atoms with Crippen LogP contribution >= 0.6 is 0 Å². The molecule has 4 nitrogen and oxygen atoms in total. The molecular formula is C15H26O4. The second-order valence-corrected chi connectivity index (χ2v) is 5.64. The third-order valence-electron chi connectivity index (χ3n) is 4.12. The van der Waals surface area contributed by atoms with Crippen LogP contribution in [0.4, 0.5) is 0 Å². The van der Waals surface area contributed by atoms with Crippen molar-refractivity contribution < 1.29 is 19.1 Å². The number of esters is 2. The number of hydrogen-bond acceptors (Lipinski definition) is 4. The molecule has 0 aromatic carbocycles. The Morgan fingerprint density at radius 2 is 1.37 bits per heavy atom. The molecule has 110 valence electrons.